The van der Waals surface area contributed by atoms with Crippen LogP contribution in [0, 0.1) is 5.82 Å². The Bertz CT molecular complexity index is 422. The van der Waals surface area contributed by atoms with Crippen molar-refractivity contribution >= 4 is 17.7 Å². The van der Waals surface area contributed by atoms with Gasteiger partial charge in [0.15, 0.2) is 11.4 Å². The molecule has 2 rings (SSSR count). The summed E-state index contributed by atoms with van der Waals surface area (Å²) < 4.78 is 18.0. The van der Waals surface area contributed by atoms with Crippen molar-refractivity contribution in [2.75, 3.05) is 5.75 Å². The number of hydrogen-bond donors (Lipinski definition) is 1. The molecule has 0 radical (unpaired) electrons. The first-order chi connectivity index (χ1) is 8.56. The van der Waals surface area contributed by atoms with Crippen molar-refractivity contribution < 1.29 is 19.2 Å². The van der Waals surface area contributed by atoms with Gasteiger partial charge in [-0.05, 0) is 38.1 Å². The van der Waals surface area contributed by atoms with Gasteiger partial charge in [0, 0.05) is 5.56 Å². The number of rotatable bonds is 3. The summed E-state index contributed by atoms with van der Waals surface area (Å²) in [6.45, 7) is 3.69. The van der Waals surface area contributed by atoms with E-state index < -0.39 is 0 Å². The van der Waals surface area contributed by atoms with Gasteiger partial charge in [0.1, 0.15) is 5.82 Å². The first-order valence-electron chi connectivity index (χ1n) is 5.99. The number of quaternary nitrogens is 1. The molecule has 0 spiro atoms. The predicted octanol–water partition coefficient (Wildman–Crippen LogP) is 1.45. The van der Waals surface area contributed by atoms with E-state index in [1.54, 1.807) is 23.9 Å². The third-order valence-corrected chi connectivity index (χ3v) is 4.06. The Labute approximate surface area is 110 Å². The smallest absolute Gasteiger partial charge is 0.366 e. The van der Waals surface area contributed by atoms with E-state index in [0.29, 0.717) is 0 Å². The van der Waals surface area contributed by atoms with Crippen molar-refractivity contribution in [3.63, 3.8) is 0 Å². The number of ether oxygens (including phenoxy) is 1. The molecule has 0 aromatic heterocycles. The SMILES string of the molecule is CC(C)OC(=O)[C@H]1CS[C@@H](c2ccc(F)cc2)[NH2+]1. The summed E-state index contributed by atoms with van der Waals surface area (Å²) in [6, 6.07) is 6.26. The lowest BCUT2D eigenvalue weighted by Gasteiger charge is -2.12. The number of benzene rings is 1. The van der Waals surface area contributed by atoms with Crippen LogP contribution >= 0.6 is 11.8 Å². The maximum Gasteiger partial charge on any atom is 0.366 e. The van der Waals surface area contributed by atoms with Gasteiger partial charge in [-0.2, -0.15) is 0 Å². The van der Waals surface area contributed by atoms with E-state index in [0.717, 1.165) is 11.3 Å². The minimum atomic E-state index is -0.238. The van der Waals surface area contributed by atoms with Gasteiger partial charge >= 0.3 is 5.97 Å². The second kappa shape index (κ2) is 5.71. The molecule has 5 heteroatoms. The van der Waals surface area contributed by atoms with Crippen LogP contribution in [0.4, 0.5) is 4.39 Å². The Hall–Kier alpha value is -1.07. The molecule has 2 N–H and O–H groups in total. The van der Waals surface area contributed by atoms with E-state index in [1.807, 2.05) is 19.2 Å². The predicted molar refractivity (Wildman–Crippen MR) is 68.5 cm³/mol. The van der Waals surface area contributed by atoms with Crippen LogP contribution in [0.1, 0.15) is 24.8 Å². The first-order valence-corrected chi connectivity index (χ1v) is 7.03. The monoisotopic (exact) mass is 270 g/mol. The van der Waals surface area contributed by atoms with Crippen molar-refractivity contribution in [2.24, 2.45) is 0 Å². The molecule has 3 nitrogen and oxygen atoms in total. The summed E-state index contributed by atoms with van der Waals surface area (Å²) in [6.07, 6.45) is -0.0826. The number of carbonyl (C=O) groups excluding carboxylic acids is 1. The number of carbonyl (C=O) groups is 1. The molecule has 0 aliphatic carbocycles. The van der Waals surface area contributed by atoms with Crippen LogP contribution in [0.2, 0.25) is 0 Å². The molecule has 1 saturated heterocycles. The zero-order valence-electron chi connectivity index (χ0n) is 10.4. The fourth-order valence-electron chi connectivity index (χ4n) is 1.86. The van der Waals surface area contributed by atoms with Crippen LogP contribution in [0.3, 0.4) is 0 Å². The lowest BCUT2D eigenvalue weighted by molar-refractivity contribution is -0.685. The third-order valence-electron chi connectivity index (χ3n) is 2.72. The molecule has 1 aromatic carbocycles. The van der Waals surface area contributed by atoms with Crippen LogP contribution in [0.25, 0.3) is 0 Å². The summed E-state index contributed by atoms with van der Waals surface area (Å²) in [7, 11) is 0. The van der Waals surface area contributed by atoms with E-state index in [4.69, 9.17) is 4.74 Å². The maximum absolute atomic E-state index is 12.8. The minimum absolute atomic E-state index is 0.0826. The number of nitrogens with two attached hydrogens (primary N) is 1. The highest BCUT2D eigenvalue weighted by Gasteiger charge is 2.36. The normalized spacial score (nSPS) is 23.3. The lowest BCUT2D eigenvalue weighted by Crippen LogP contribution is -2.89. The van der Waals surface area contributed by atoms with Crippen molar-refractivity contribution in [3.8, 4) is 0 Å². The Morgan fingerprint density at radius 1 is 1.44 bits per heavy atom. The molecular formula is C13H17FNO2S+. The van der Waals surface area contributed by atoms with E-state index in [2.05, 4.69) is 0 Å². The zero-order valence-corrected chi connectivity index (χ0v) is 11.2. The number of halogens is 1. The molecule has 18 heavy (non-hydrogen) atoms. The van der Waals surface area contributed by atoms with Gasteiger partial charge in [-0.1, -0.05) is 11.8 Å². The molecule has 1 aromatic rings. The lowest BCUT2D eigenvalue weighted by atomic mass is 10.2. The Balaban J connectivity index is 1.96. The summed E-state index contributed by atoms with van der Waals surface area (Å²) in [5.74, 6) is 0.327. The van der Waals surface area contributed by atoms with Crippen molar-refractivity contribution in [1.29, 1.82) is 0 Å². The zero-order chi connectivity index (χ0) is 13.1. The Morgan fingerprint density at radius 3 is 2.72 bits per heavy atom. The average molecular weight is 270 g/mol. The molecule has 1 aliphatic rings. The molecule has 1 fully saturated rings. The van der Waals surface area contributed by atoms with Crippen LogP contribution in [0.5, 0.6) is 0 Å². The second-order valence-electron chi connectivity index (χ2n) is 4.59. The van der Waals surface area contributed by atoms with Gasteiger partial charge in [0.05, 0.1) is 11.9 Å². The molecule has 0 bridgehead atoms. The number of hydrogen-bond acceptors (Lipinski definition) is 3. The van der Waals surface area contributed by atoms with Crippen LogP contribution in [0.15, 0.2) is 24.3 Å². The van der Waals surface area contributed by atoms with Gasteiger partial charge in [0.2, 0.25) is 0 Å². The molecule has 0 saturated carbocycles. The molecule has 2 atom stereocenters. The van der Waals surface area contributed by atoms with Crippen LogP contribution in [-0.2, 0) is 9.53 Å². The average Bonchev–Trinajstić information content (AvgIpc) is 2.78. The highest BCUT2D eigenvalue weighted by Crippen LogP contribution is 2.27. The van der Waals surface area contributed by atoms with E-state index >= 15 is 0 Å². The quantitative estimate of drug-likeness (QED) is 0.846. The molecule has 1 heterocycles. The standard InChI is InChI=1S/C13H16FNO2S/c1-8(2)17-13(16)11-7-18-12(15-11)9-3-5-10(14)6-4-9/h3-6,8,11-12,15H,7H2,1-2H3/p+1/t11-,12+/m1/s1. The summed E-state index contributed by atoms with van der Waals surface area (Å²) in [5, 5.41) is 2.14. The fraction of sp³-hybridized carbons (Fsp3) is 0.462. The van der Waals surface area contributed by atoms with Gasteiger partial charge in [-0.15, -0.1) is 0 Å². The molecule has 1 aliphatic heterocycles. The maximum atomic E-state index is 12.8. The summed E-state index contributed by atoms with van der Waals surface area (Å²) in [5.41, 5.74) is 1.03. The van der Waals surface area contributed by atoms with Gasteiger partial charge in [-0.3, -0.25) is 0 Å². The van der Waals surface area contributed by atoms with Gasteiger partial charge in [0.25, 0.3) is 0 Å². The van der Waals surface area contributed by atoms with Crippen LogP contribution in [-0.4, -0.2) is 23.9 Å². The molecular weight excluding hydrogens is 253 g/mol. The molecule has 0 unspecified atom stereocenters. The van der Waals surface area contributed by atoms with Crippen molar-refractivity contribution in [3.05, 3.63) is 35.6 Å². The first kappa shape index (κ1) is 13.4. The van der Waals surface area contributed by atoms with E-state index in [9.17, 15) is 9.18 Å². The summed E-state index contributed by atoms with van der Waals surface area (Å²) in [4.78, 5) is 11.8. The number of esters is 1. The number of thioether (sulfide) groups is 1. The Kier molecular flexibility index (Phi) is 4.24. The van der Waals surface area contributed by atoms with Gasteiger partial charge < -0.3 is 10.1 Å². The highest BCUT2D eigenvalue weighted by molar-refractivity contribution is 7.99. The third kappa shape index (κ3) is 3.23. The topological polar surface area (TPSA) is 42.9 Å². The van der Waals surface area contributed by atoms with E-state index in [1.165, 1.54) is 12.1 Å². The highest BCUT2D eigenvalue weighted by atomic mass is 32.2. The largest absolute Gasteiger partial charge is 0.459 e. The fourth-order valence-corrected chi connectivity index (χ4v) is 3.17. The van der Waals surface area contributed by atoms with Crippen molar-refractivity contribution in [2.45, 2.75) is 31.4 Å². The second-order valence-corrected chi connectivity index (χ2v) is 5.76. The minimum Gasteiger partial charge on any atom is -0.459 e. The Morgan fingerprint density at radius 2 is 2.11 bits per heavy atom. The molecule has 0 amide bonds. The van der Waals surface area contributed by atoms with Crippen LogP contribution < -0.4 is 5.32 Å². The molecule has 98 valence electrons. The summed E-state index contributed by atoms with van der Waals surface area (Å²) >= 11 is 1.69. The van der Waals surface area contributed by atoms with Gasteiger partial charge in [-0.25, -0.2) is 9.18 Å². The van der Waals surface area contributed by atoms with E-state index in [-0.39, 0.29) is 29.3 Å². The van der Waals surface area contributed by atoms with Crippen molar-refractivity contribution in [1.82, 2.24) is 0 Å².